The van der Waals surface area contributed by atoms with Crippen molar-refractivity contribution in [2.75, 3.05) is 4.90 Å². The number of rotatable bonds is 1. The molecule has 0 saturated carbocycles. The number of hydrogen-bond donors (Lipinski definition) is 0. The molecule has 2 atom stereocenters. The number of aryl methyl sites for hydroxylation is 1. The summed E-state index contributed by atoms with van der Waals surface area (Å²) in [6, 6.07) is 16.2. The van der Waals surface area contributed by atoms with Crippen LogP contribution in [-0.2, 0) is 0 Å². The number of nitrogens with zero attached hydrogens (tertiary/aromatic N) is 2. The Morgan fingerprint density at radius 1 is 0.960 bits per heavy atom. The molecule has 0 bridgehead atoms. The van der Waals surface area contributed by atoms with Crippen LogP contribution in [0.2, 0.25) is 0 Å². The van der Waals surface area contributed by atoms with Crippen LogP contribution in [0, 0.1) is 12.3 Å². The van der Waals surface area contributed by atoms with E-state index in [1.165, 1.54) is 28.2 Å². The molecule has 0 aromatic heterocycles. The summed E-state index contributed by atoms with van der Waals surface area (Å²) < 4.78 is 9.27. The summed E-state index contributed by atoms with van der Waals surface area (Å²) in [5, 5.41) is 0. The Bertz CT molecular complexity index is 904. The molecule has 0 saturated heterocycles. The van der Waals surface area contributed by atoms with Crippen LogP contribution >= 0.6 is 0 Å². The zero-order valence-corrected chi connectivity index (χ0v) is 16.1. The van der Waals surface area contributed by atoms with Crippen molar-refractivity contribution in [2.24, 2.45) is 5.41 Å². The topological polar surface area (TPSA) is 6.48 Å². The summed E-state index contributed by atoms with van der Waals surface area (Å²) in [7, 11) is 0. The fourth-order valence-electron chi connectivity index (χ4n) is 4.44. The molecule has 2 aromatic carbocycles. The van der Waals surface area contributed by atoms with E-state index in [4.69, 9.17) is 0 Å². The molecule has 2 unspecified atom stereocenters. The molecule has 0 fully saturated rings. The van der Waals surface area contributed by atoms with Gasteiger partial charge in [0.2, 0.25) is 0 Å². The summed E-state index contributed by atoms with van der Waals surface area (Å²) in [6.45, 7) is 13.2. The first-order chi connectivity index (χ1) is 12.2. The summed E-state index contributed by atoms with van der Waals surface area (Å²) in [5.41, 5.74) is 7.24. The molecule has 2 nitrogen and oxygen atoms in total. The van der Waals surface area contributed by atoms with E-state index in [9.17, 15) is 1.37 Å². The van der Waals surface area contributed by atoms with Gasteiger partial charge < -0.3 is 9.80 Å². The van der Waals surface area contributed by atoms with Crippen molar-refractivity contribution < 1.29 is 1.37 Å². The third-order valence-electron chi connectivity index (χ3n) is 5.52. The van der Waals surface area contributed by atoms with E-state index in [0.717, 1.165) is 5.56 Å². The van der Waals surface area contributed by atoms with E-state index in [1.807, 2.05) is 6.92 Å². The molecular weight excluding hydrogens is 304 g/mol. The minimum absolute atomic E-state index is 0.0182. The van der Waals surface area contributed by atoms with E-state index in [-0.39, 0.29) is 11.6 Å². The van der Waals surface area contributed by atoms with Crippen molar-refractivity contribution in [2.45, 2.75) is 53.7 Å². The summed E-state index contributed by atoms with van der Waals surface area (Å²) in [4.78, 5) is 4.78. The molecule has 2 heteroatoms. The average Bonchev–Trinajstić information content (AvgIpc) is 3.00. The Labute approximate surface area is 153 Å². The standard InChI is InChI=1S/C23H28N2/c1-15-11-7-10-14-20(15)24-17(3)21-19-13-9-8-12-18(19)16(2)25(21)22(24)23(4,5)6/h7-14,16,22H,1-6H3/i16D. The van der Waals surface area contributed by atoms with Crippen LogP contribution < -0.4 is 4.90 Å². The predicted octanol–water partition coefficient (Wildman–Crippen LogP) is 5.95. The molecule has 25 heavy (non-hydrogen) atoms. The molecule has 0 radical (unpaired) electrons. The summed E-state index contributed by atoms with van der Waals surface area (Å²) in [5.74, 6) is 0. The quantitative estimate of drug-likeness (QED) is 0.636. The molecular formula is C23H28N2. The zero-order valence-electron chi connectivity index (χ0n) is 17.1. The fraction of sp³-hybridized carbons (Fsp3) is 0.391. The summed E-state index contributed by atoms with van der Waals surface area (Å²) in [6.07, 6.45) is 0.0912. The minimum Gasteiger partial charge on any atom is -0.342 e. The molecule has 0 N–H and O–H groups in total. The molecule has 2 aliphatic heterocycles. The van der Waals surface area contributed by atoms with E-state index >= 15 is 0 Å². The predicted molar refractivity (Wildman–Crippen MR) is 106 cm³/mol. The molecule has 2 aromatic rings. The largest absolute Gasteiger partial charge is 0.342 e. The Hall–Kier alpha value is -2.22. The SMILES string of the molecule is [2H]C1(C)c2ccccc2C2=C(C)N(c3ccccc3C)C(C(C)(C)C)N21. The monoisotopic (exact) mass is 333 g/mol. The number of allylic oxidation sites excluding steroid dienone is 1. The van der Waals surface area contributed by atoms with Gasteiger partial charge in [-0.3, -0.25) is 0 Å². The van der Waals surface area contributed by atoms with Crippen LogP contribution in [0.25, 0.3) is 5.70 Å². The maximum atomic E-state index is 9.27. The first-order valence-corrected chi connectivity index (χ1v) is 9.10. The lowest BCUT2D eigenvalue weighted by Crippen LogP contribution is -2.49. The second-order valence-electron chi connectivity index (χ2n) is 8.33. The minimum atomic E-state index is -0.775. The highest BCUT2D eigenvalue weighted by Gasteiger charge is 2.49. The van der Waals surface area contributed by atoms with Crippen molar-refractivity contribution >= 4 is 11.4 Å². The molecule has 130 valence electrons. The van der Waals surface area contributed by atoms with Crippen LogP contribution in [0.1, 0.15) is 58.7 Å². The lowest BCUT2D eigenvalue weighted by Gasteiger charge is -2.44. The summed E-state index contributed by atoms with van der Waals surface area (Å²) >= 11 is 0. The number of anilines is 1. The number of fused-ring (bicyclic) bond motifs is 3. The smallest absolute Gasteiger partial charge is 0.111 e. The van der Waals surface area contributed by atoms with Crippen LogP contribution in [0.5, 0.6) is 0 Å². The van der Waals surface area contributed by atoms with Gasteiger partial charge in [0, 0.05) is 22.4 Å². The third kappa shape index (κ3) is 2.23. The Morgan fingerprint density at radius 3 is 2.28 bits per heavy atom. The third-order valence-corrected chi connectivity index (χ3v) is 5.52. The first kappa shape index (κ1) is 15.1. The zero-order chi connectivity index (χ0) is 18.9. The van der Waals surface area contributed by atoms with Gasteiger partial charge in [-0.2, -0.15) is 0 Å². The van der Waals surface area contributed by atoms with Gasteiger partial charge >= 0.3 is 0 Å². The maximum absolute atomic E-state index is 9.27. The molecule has 0 aliphatic carbocycles. The van der Waals surface area contributed by atoms with Crippen LogP contribution in [0.4, 0.5) is 5.69 Å². The number of hydrogen-bond acceptors (Lipinski definition) is 2. The maximum Gasteiger partial charge on any atom is 0.111 e. The normalized spacial score (nSPS) is 26.0. The molecule has 2 aliphatic rings. The Kier molecular flexibility index (Phi) is 3.25. The van der Waals surface area contributed by atoms with Gasteiger partial charge in [0.25, 0.3) is 0 Å². The average molecular weight is 333 g/mol. The Balaban J connectivity index is 2.01. The van der Waals surface area contributed by atoms with Gasteiger partial charge in [0.05, 0.1) is 13.1 Å². The van der Waals surface area contributed by atoms with Crippen molar-refractivity contribution in [3.8, 4) is 0 Å². The van der Waals surface area contributed by atoms with Crippen molar-refractivity contribution in [1.82, 2.24) is 4.90 Å². The second kappa shape index (κ2) is 5.39. The highest BCUT2D eigenvalue weighted by molar-refractivity contribution is 5.82. The van der Waals surface area contributed by atoms with Gasteiger partial charge in [-0.05, 0) is 38.0 Å². The fourth-order valence-corrected chi connectivity index (χ4v) is 4.44. The lowest BCUT2D eigenvalue weighted by atomic mass is 9.89. The van der Waals surface area contributed by atoms with Crippen LogP contribution in [-0.4, -0.2) is 11.1 Å². The van der Waals surface area contributed by atoms with E-state index in [0.29, 0.717) is 0 Å². The van der Waals surface area contributed by atoms with Crippen LogP contribution in [0.3, 0.4) is 0 Å². The lowest BCUT2D eigenvalue weighted by molar-refractivity contribution is 0.146. The van der Waals surface area contributed by atoms with E-state index < -0.39 is 6.02 Å². The highest BCUT2D eigenvalue weighted by Crippen LogP contribution is 2.54. The van der Waals surface area contributed by atoms with Gasteiger partial charge in [-0.25, -0.2) is 0 Å². The first-order valence-electron chi connectivity index (χ1n) is 9.60. The molecule has 0 amide bonds. The second-order valence-corrected chi connectivity index (χ2v) is 8.33. The molecule has 0 spiro atoms. The molecule has 2 heterocycles. The van der Waals surface area contributed by atoms with E-state index in [2.05, 4.69) is 92.9 Å². The van der Waals surface area contributed by atoms with Crippen molar-refractivity contribution in [3.63, 3.8) is 0 Å². The van der Waals surface area contributed by atoms with Crippen LogP contribution in [0.15, 0.2) is 54.2 Å². The highest BCUT2D eigenvalue weighted by atomic mass is 15.4. The van der Waals surface area contributed by atoms with Gasteiger partial charge in [0.1, 0.15) is 6.17 Å². The molecule has 4 rings (SSSR count). The number of benzene rings is 2. The van der Waals surface area contributed by atoms with Crippen molar-refractivity contribution in [1.29, 1.82) is 0 Å². The number of para-hydroxylation sites is 1. The Morgan fingerprint density at radius 2 is 1.60 bits per heavy atom. The van der Waals surface area contributed by atoms with Crippen molar-refractivity contribution in [3.05, 3.63) is 70.9 Å². The van der Waals surface area contributed by atoms with E-state index in [1.54, 1.807) is 0 Å². The van der Waals surface area contributed by atoms with Gasteiger partial charge in [-0.1, -0.05) is 63.2 Å². The van der Waals surface area contributed by atoms with Gasteiger partial charge in [-0.15, -0.1) is 0 Å². The van der Waals surface area contributed by atoms with Gasteiger partial charge in [0.15, 0.2) is 0 Å².